The molecular formula is HAlCl3Li. The van der Waals surface area contributed by atoms with E-state index in [1.54, 1.807) is 0 Å². The van der Waals surface area contributed by atoms with Crippen LogP contribution in [0.5, 0.6) is 0 Å². The van der Waals surface area contributed by atoms with Crippen LogP contribution in [-0.2, 0) is 0 Å². The second-order valence-electron chi connectivity index (χ2n) is 0.247. The van der Waals surface area contributed by atoms with E-state index in [1.165, 1.54) is 0 Å². The van der Waals surface area contributed by atoms with Crippen LogP contribution in [0.4, 0.5) is 0 Å². The zero-order chi connectivity index (χ0) is 3.58. The maximum atomic E-state index is 4.94. The van der Waals surface area contributed by atoms with Crippen LogP contribution in [0.25, 0.3) is 0 Å². The molecule has 26 valence electrons. The fraction of sp³-hybridized carbons (Fsp3) is 0. The summed E-state index contributed by atoms with van der Waals surface area (Å²) in [4.78, 5) is 0. The van der Waals surface area contributed by atoms with Gasteiger partial charge < -0.3 is 1.43 Å². The van der Waals surface area contributed by atoms with Crippen molar-refractivity contribution in [1.29, 1.82) is 0 Å². The molecule has 0 aromatic rings. The van der Waals surface area contributed by atoms with Crippen molar-refractivity contribution in [2.45, 2.75) is 0 Å². The Hall–Kier alpha value is 2.00. The predicted molar refractivity (Wildman–Crippen MR) is 24.4 cm³/mol. The third-order valence-corrected chi connectivity index (χ3v) is 0. The van der Waals surface area contributed by atoms with E-state index < -0.39 is 11.4 Å². The van der Waals surface area contributed by atoms with Gasteiger partial charge in [-0.2, -0.15) is 0 Å². The standard InChI is InChI=1S/Al.3ClH.Li.H/h;3*1H;;/q+3;;;;+1;-1/p-3. The van der Waals surface area contributed by atoms with Crippen LogP contribution in [0.3, 0.4) is 0 Å². The predicted octanol–water partition coefficient (Wildman–Crippen LogP) is -1.20. The number of halogens is 3. The Bertz CT molecular complexity index is 15.5. The molecule has 0 spiro atoms. The molecule has 0 saturated carbocycles. The molecule has 0 aromatic carbocycles. The van der Waals surface area contributed by atoms with Crippen molar-refractivity contribution in [3.05, 3.63) is 0 Å². The van der Waals surface area contributed by atoms with Gasteiger partial charge in [0.1, 0.15) is 0 Å². The fourth-order valence-corrected chi connectivity index (χ4v) is 0. The van der Waals surface area contributed by atoms with Gasteiger partial charge in [0.25, 0.3) is 0 Å². The van der Waals surface area contributed by atoms with Gasteiger partial charge in [-0.3, -0.25) is 0 Å². The molecule has 0 N–H and O–H groups in total. The van der Waals surface area contributed by atoms with Gasteiger partial charge in [-0.05, 0) is 0 Å². The summed E-state index contributed by atoms with van der Waals surface area (Å²) in [5.74, 6) is 0. The van der Waals surface area contributed by atoms with Crippen LogP contribution >= 0.6 is 30.1 Å². The third kappa shape index (κ3) is 24.0. The van der Waals surface area contributed by atoms with E-state index in [9.17, 15) is 0 Å². The Balaban J connectivity index is -0.0000000450. The van der Waals surface area contributed by atoms with Gasteiger partial charge in [0.05, 0.1) is 0 Å². The van der Waals surface area contributed by atoms with E-state index in [-0.39, 0.29) is 20.3 Å². The topological polar surface area (TPSA) is 0 Å². The Labute approximate surface area is 61.4 Å². The van der Waals surface area contributed by atoms with E-state index >= 15 is 0 Å². The zero-order valence-corrected chi connectivity index (χ0v) is 6.13. The van der Waals surface area contributed by atoms with Crippen LogP contribution in [0.1, 0.15) is 1.43 Å². The van der Waals surface area contributed by atoms with E-state index in [4.69, 9.17) is 30.1 Å². The van der Waals surface area contributed by atoms with E-state index in [0.717, 1.165) is 0 Å². The molecule has 0 aliphatic heterocycles. The molecule has 0 aromatic heterocycles. The van der Waals surface area contributed by atoms with Crippen LogP contribution < -0.4 is 18.9 Å². The molecule has 5 heavy (non-hydrogen) atoms. The van der Waals surface area contributed by atoms with E-state index in [0.29, 0.717) is 0 Å². The summed E-state index contributed by atoms with van der Waals surface area (Å²) in [6.45, 7) is 0. The quantitative estimate of drug-likeness (QED) is 0.372. The average Bonchev–Trinajstić information content (AvgIpc) is 0.811. The maximum Gasteiger partial charge on any atom is 1.00 e. The van der Waals surface area contributed by atoms with Gasteiger partial charge in [-0.25, -0.2) is 30.1 Å². The van der Waals surface area contributed by atoms with Gasteiger partial charge in [0.2, 0.25) is 0 Å². The molecule has 0 unspecified atom stereocenters. The minimum atomic E-state index is -1.72. The Morgan fingerprint density at radius 2 is 1.20 bits per heavy atom. The number of hydrogen-bond acceptors (Lipinski definition) is 0. The van der Waals surface area contributed by atoms with Crippen molar-refractivity contribution >= 4 is 41.5 Å². The Kier molecular flexibility index (Phi) is 12.1. The van der Waals surface area contributed by atoms with Gasteiger partial charge >= 0.3 is 30.2 Å². The molecule has 0 aliphatic carbocycles. The monoisotopic (exact) mass is 140 g/mol. The van der Waals surface area contributed by atoms with Crippen LogP contribution in [0.2, 0.25) is 0 Å². The van der Waals surface area contributed by atoms with Crippen molar-refractivity contribution in [1.82, 2.24) is 0 Å². The molecule has 0 rings (SSSR count). The first kappa shape index (κ1) is 10.1. The summed E-state index contributed by atoms with van der Waals surface area (Å²) >= 11 is -1.72. The first-order valence-corrected chi connectivity index (χ1v) is 5.89. The summed E-state index contributed by atoms with van der Waals surface area (Å²) in [6, 6.07) is 0. The van der Waals surface area contributed by atoms with Crippen LogP contribution in [0, 0.1) is 0 Å². The van der Waals surface area contributed by atoms with Crippen molar-refractivity contribution in [3.63, 3.8) is 0 Å². The normalized spacial score (nSPS) is 5.40. The Morgan fingerprint density at radius 1 is 1.20 bits per heavy atom. The zero-order valence-electron chi connectivity index (χ0n) is 3.71. The molecule has 5 heteroatoms. The molecule has 0 bridgehead atoms. The third-order valence-electron chi connectivity index (χ3n) is 0. The van der Waals surface area contributed by atoms with Crippen molar-refractivity contribution in [2.75, 3.05) is 0 Å². The molecule has 0 saturated heterocycles. The molecule has 0 fully saturated rings. The first-order chi connectivity index (χ1) is 1.73. The fourth-order valence-electron chi connectivity index (χ4n) is 0. The number of hydrogen-bond donors (Lipinski definition) is 0. The first-order valence-electron chi connectivity index (χ1n) is 0.655. The molecule has 0 atom stereocenters. The van der Waals surface area contributed by atoms with Gasteiger partial charge in [0, 0.05) is 0 Å². The second kappa shape index (κ2) is 6.00. The largest absolute Gasteiger partial charge is 1.00 e. The van der Waals surface area contributed by atoms with Gasteiger partial charge in [-0.1, -0.05) is 0 Å². The summed E-state index contributed by atoms with van der Waals surface area (Å²) in [5.41, 5.74) is 0. The summed E-state index contributed by atoms with van der Waals surface area (Å²) < 4.78 is 0. The molecular weight excluding hydrogens is 140 g/mol. The number of rotatable bonds is 0. The minimum absolute atomic E-state index is 0. The molecule has 0 nitrogen and oxygen atoms in total. The van der Waals surface area contributed by atoms with Gasteiger partial charge in [0.15, 0.2) is 0 Å². The van der Waals surface area contributed by atoms with E-state index in [1.807, 2.05) is 0 Å². The minimum Gasteiger partial charge on any atom is -1.00 e. The van der Waals surface area contributed by atoms with Crippen molar-refractivity contribution < 1.29 is 20.3 Å². The van der Waals surface area contributed by atoms with Crippen molar-refractivity contribution in [3.8, 4) is 0 Å². The SMILES string of the molecule is [Cl][Al]([Cl])[Cl].[H-].[Li+]. The molecule has 0 radical (unpaired) electrons. The van der Waals surface area contributed by atoms with Crippen LogP contribution in [0.15, 0.2) is 0 Å². The maximum absolute atomic E-state index is 4.94. The van der Waals surface area contributed by atoms with Gasteiger partial charge in [-0.15, -0.1) is 0 Å². The Morgan fingerprint density at radius 3 is 1.20 bits per heavy atom. The summed E-state index contributed by atoms with van der Waals surface area (Å²) in [7, 11) is 14.8. The molecule has 0 heterocycles. The smallest absolute Gasteiger partial charge is 1.00 e. The van der Waals surface area contributed by atoms with Crippen molar-refractivity contribution in [2.24, 2.45) is 0 Å². The van der Waals surface area contributed by atoms with E-state index in [2.05, 4.69) is 0 Å². The average molecular weight is 141 g/mol. The second-order valence-corrected chi connectivity index (χ2v) is 6.68. The summed E-state index contributed by atoms with van der Waals surface area (Å²) in [6.07, 6.45) is 0. The van der Waals surface area contributed by atoms with Crippen LogP contribution in [-0.4, -0.2) is 11.4 Å². The summed E-state index contributed by atoms with van der Waals surface area (Å²) in [5, 5.41) is 0. The molecule has 0 aliphatic rings. The molecule has 0 amide bonds.